The van der Waals surface area contributed by atoms with Gasteiger partial charge in [0.05, 0.1) is 0 Å². The number of halogens is 2. The topological polar surface area (TPSA) is 89.8 Å². The highest BCUT2D eigenvalue weighted by Gasteiger charge is 2.28. The Labute approximate surface area is 95.7 Å². The molecule has 1 atom stereocenters. The fourth-order valence-electron chi connectivity index (χ4n) is 1.11. The highest BCUT2D eigenvalue weighted by atomic mass is 19.1. The Morgan fingerprint density at radius 3 is 2.18 bits per heavy atom. The number of rotatable bonds is 3. The summed E-state index contributed by atoms with van der Waals surface area (Å²) in [5, 5.41) is 28.3. The van der Waals surface area contributed by atoms with E-state index in [4.69, 9.17) is 15.1 Å². The second-order valence-electron chi connectivity index (χ2n) is 3.65. The number of carbonyl (C=O) groups is 1. The molecule has 0 aliphatic carbocycles. The quantitative estimate of drug-likeness (QED) is 0.543. The Balaban J connectivity index is 2.92. The predicted octanol–water partition coefficient (Wildman–Crippen LogP) is -0.462. The highest BCUT2D eigenvalue weighted by molar-refractivity contribution is 6.58. The summed E-state index contributed by atoms with van der Waals surface area (Å²) in [5.74, 6) is -4.80. The Kier molecular flexibility index (Phi) is 3.81. The van der Waals surface area contributed by atoms with Gasteiger partial charge in [-0.05, 0) is 18.1 Å². The Bertz CT molecular complexity index is 415. The van der Waals surface area contributed by atoms with E-state index in [1.54, 1.807) is 0 Å². The number of amides is 1. The number of hydrogen-bond acceptors (Lipinski definition) is 4. The molecule has 0 heterocycles. The molecular formula is C9H11BF2NO4-. The van der Waals surface area contributed by atoms with Gasteiger partial charge in [0, 0.05) is 0 Å². The van der Waals surface area contributed by atoms with Gasteiger partial charge in [-0.25, -0.2) is 8.78 Å². The van der Waals surface area contributed by atoms with Crippen molar-refractivity contribution in [3.8, 4) is 0 Å². The molecule has 0 aliphatic heterocycles. The fourth-order valence-corrected chi connectivity index (χ4v) is 1.11. The lowest BCUT2D eigenvalue weighted by molar-refractivity contribution is 0.0920. The average molecular weight is 246 g/mol. The zero-order valence-corrected chi connectivity index (χ0v) is 8.89. The van der Waals surface area contributed by atoms with Crippen molar-refractivity contribution in [2.24, 2.45) is 0 Å². The first-order chi connectivity index (χ1) is 7.73. The van der Waals surface area contributed by atoms with Gasteiger partial charge in [0.1, 0.15) is 17.2 Å². The van der Waals surface area contributed by atoms with E-state index in [0.717, 1.165) is 25.1 Å². The molecule has 0 aromatic heterocycles. The highest BCUT2D eigenvalue weighted by Crippen LogP contribution is 2.12. The van der Waals surface area contributed by atoms with Gasteiger partial charge < -0.3 is 20.4 Å². The van der Waals surface area contributed by atoms with E-state index in [0.29, 0.717) is 0 Å². The zero-order valence-electron chi connectivity index (χ0n) is 8.89. The van der Waals surface area contributed by atoms with Gasteiger partial charge in [-0.2, -0.15) is 0 Å². The molecule has 1 amide bonds. The van der Waals surface area contributed by atoms with E-state index in [9.17, 15) is 13.6 Å². The minimum atomic E-state index is -3.80. The lowest BCUT2D eigenvalue weighted by Gasteiger charge is -2.29. The van der Waals surface area contributed by atoms with Gasteiger partial charge in [-0.15, -0.1) is 0 Å². The van der Waals surface area contributed by atoms with Crippen molar-refractivity contribution in [3.63, 3.8) is 0 Å². The third-order valence-electron chi connectivity index (χ3n) is 2.22. The average Bonchev–Trinajstić information content (AvgIpc) is 2.15. The minimum Gasteiger partial charge on any atom is -0.558 e. The van der Waals surface area contributed by atoms with E-state index >= 15 is 0 Å². The summed E-state index contributed by atoms with van der Waals surface area (Å²) in [7, 11) is 0. The van der Waals surface area contributed by atoms with E-state index in [1.807, 2.05) is 5.32 Å². The molecule has 1 aromatic rings. The van der Waals surface area contributed by atoms with E-state index in [-0.39, 0.29) is 0 Å². The molecule has 94 valence electrons. The predicted molar refractivity (Wildman–Crippen MR) is 55.7 cm³/mol. The minimum absolute atomic E-state index is 0.848. The lowest BCUT2D eigenvalue weighted by atomic mass is 9.71. The van der Waals surface area contributed by atoms with Crippen LogP contribution in [0.2, 0.25) is 0 Å². The molecule has 0 unspecified atom stereocenters. The van der Waals surface area contributed by atoms with Crippen LogP contribution in [0.4, 0.5) is 8.78 Å². The molecule has 0 saturated carbocycles. The molecule has 0 bridgehead atoms. The summed E-state index contributed by atoms with van der Waals surface area (Å²) < 4.78 is 26.3. The Morgan fingerprint density at radius 2 is 1.76 bits per heavy atom. The van der Waals surface area contributed by atoms with Gasteiger partial charge in [0.25, 0.3) is 5.91 Å². The van der Waals surface area contributed by atoms with Gasteiger partial charge in [0.2, 0.25) is 0 Å². The summed E-state index contributed by atoms with van der Waals surface area (Å²) in [6.45, 7) is -2.72. The van der Waals surface area contributed by atoms with Crippen molar-refractivity contribution < 1.29 is 28.6 Å². The first-order valence-electron chi connectivity index (χ1n) is 4.80. The SMILES string of the molecule is C[C@H](NC(=O)c1c(F)cccc1F)[B-](O)(O)O. The maximum atomic E-state index is 13.2. The Morgan fingerprint density at radius 1 is 1.29 bits per heavy atom. The third kappa shape index (κ3) is 3.22. The van der Waals surface area contributed by atoms with Crippen molar-refractivity contribution in [2.75, 3.05) is 0 Å². The normalized spacial score (nSPS) is 13.3. The van der Waals surface area contributed by atoms with Crippen LogP contribution in [0.3, 0.4) is 0 Å². The molecule has 0 spiro atoms. The lowest BCUT2D eigenvalue weighted by Crippen LogP contribution is -2.56. The van der Waals surface area contributed by atoms with Crippen molar-refractivity contribution in [1.29, 1.82) is 0 Å². The molecule has 5 nitrogen and oxygen atoms in total. The number of nitrogens with one attached hydrogen (secondary N) is 1. The van der Waals surface area contributed by atoms with Gasteiger partial charge >= 0.3 is 6.75 Å². The number of hydrogen-bond donors (Lipinski definition) is 4. The first kappa shape index (κ1) is 13.6. The van der Waals surface area contributed by atoms with Crippen LogP contribution >= 0.6 is 0 Å². The molecule has 0 radical (unpaired) electrons. The van der Waals surface area contributed by atoms with Crippen LogP contribution in [0, 0.1) is 11.6 Å². The monoisotopic (exact) mass is 246 g/mol. The Hall–Kier alpha value is -1.51. The maximum Gasteiger partial charge on any atom is 0.393 e. The number of carbonyl (C=O) groups excluding carboxylic acids is 1. The molecule has 1 rings (SSSR count). The number of benzene rings is 1. The molecular weight excluding hydrogens is 235 g/mol. The molecule has 17 heavy (non-hydrogen) atoms. The van der Waals surface area contributed by atoms with Crippen LogP contribution in [0.5, 0.6) is 0 Å². The van der Waals surface area contributed by atoms with E-state index < -0.39 is 35.8 Å². The van der Waals surface area contributed by atoms with Crippen LogP contribution in [-0.2, 0) is 0 Å². The van der Waals surface area contributed by atoms with E-state index in [2.05, 4.69) is 0 Å². The van der Waals surface area contributed by atoms with Crippen LogP contribution in [0.15, 0.2) is 18.2 Å². The maximum absolute atomic E-state index is 13.2. The van der Waals surface area contributed by atoms with Crippen molar-refractivity contribution in [2.45, 2.75) is 12.9 Å². The van der Waals surface area contributed by atoms with Gasteiger partial charge in [-0.3, -0.25) is 4.79 Å². The smallest absolute Gasteiger partial charge is 0.393 e. The molecule has 8 heteroatoms. The van der Waals surface area contributed by atoms with Crippen LogP contribution in [0.25, 0.3) is 0 Å². The van der Waals surface area contributed by atoms with Crippen LogP contribution < -0.4 is 5.32 Å². The van der Waals surface area contributed by atoms with Crippen molar-refractivity contribution >= 4 is 12.7 Å². The fraction of sp³-hybridized carbons (Fsp3) is 0.222. The summed E-state index contributed by atoms with van der Waals surface area (Å²) in [6.07, 6.45) is 0. The molecule has 4 N–H and O–H groups in total. The molecule has 0 fully saturated rings. The van der Waals surface area contributed by atoms with E-state index in [1.165, 1.54) is 0 Å². The van der Waals surface area contributed by atoms with Crippen molar-refractivity contribution in [1.82, 2.24) is 5.32 Å². The summed E-state index contributed by atoms with van der Waals surface area (Å²) >= 11 is 0. The van der Waals surface area contributed by atoms with Crippen LogP contribution in [0.1, 0.15) is 17.3 Å². The molecule has 0 saturated heterocycles. The van der Waals surface area contributed by atoms with Gasteiger partial charge in [0.15, 0.2) is 0 Å². The summed E-state index contributed by atoms with van der Waals surface area (Å²) in [5.41, 5.74) is -0.848. The molecule has 1 aromatic carbocycles. The second kappa shape index (κ2) is 4.78. The van der Waals surface area contributed by atoms with Crippen molar-refractivity contribution in [3.05, 3.63) is 35.4 Å². The van der Waals surface area contributed by atoms with Gasteiger partial charge in [-0.1, -0.05) is 13.0 Å². The zero-order chi connectivity index (χ0) is 13.2. The molecule has 0 aliphatic rings. The second-order valence-corrected chi connectivity index (χ2v) is 3.65. The largest absolute Gasteiger partial charge is 0.558 e. The van der Waals surface area contributed by atoms with Crippen LogP contribution in [-0.4, -0.2) is 33.7 Å². The standard InChI is InChI=1S/C9H11BF2NO4/c1-5(10(15,16)17)13-9(14)8-6(11)3-2-4-7(8)12/h2-5,15-17H,1H3,(H,13,14)/q-1/t5-/m0/s1. The summed E-state index contributed by atoms with van der Waals surface area (Å²) in [6, 6.07) is 2.86. The first-order valence-corrected chi connectivity index (χ1v) is 4.80. The third-order valence-corrected chi connectivity index (χ3v) is 2.22. The summed E-state index contributed by atoms with van der Waals surface area (Å²) in [4.78, 5) is 11.4.